The summed E-state index contributed by atoms with van der Waals surface area (Å²) in [4.78, 5) is 15.1. The third-order valence-electron chi connectivity index (χ3n) is 3.82. The standard InChI is InChI=1S/C15H19Cl2NO3S2/c1-3-18(12-6-7-23(20,21)9-12)15(19)10(2)22-14-8-11(16)4-5-13(14)17/h4-5,8,10,12H,3,6-7,9H2,1-2H3/t10-,12-/m0/s1. The zero-order valence-corrected chi connectivity index (χ0v) is 16.1. The van der Waals surface area contributed by atoms with Crippen molar-refractivity contribution in [3.05, 3.63) is 28.2 Å². The fraction of sp³-hybridized carbons (Fsp3) is 0.533. The van der Waals surface area contributed by atoms with E-state index in [0.29, 0.717) is 23.0 Å². The van der Waals surface area contributed by atoms with Crippen molar-refractivity contribution < 1.29 is 13.2 Å². The minimum atomic E-state index is -3.02. The first kappa shape index (κ1) is 18.9. The van der Waals surface area contributed by atoms with Crippen LogP contribution in [0.25, 0.3) is 0 Å². The average Bonchev–Trinajstić information content (AvgIpc) is 2.83. The maximum absolute atomic E-state index is 12.7. The summed E-state index contributed by atoms with van der Waals surface area (Å²) in [6.07, 6.45) is 0.511. The van der Waals surface area contributed by atoms with Crippen molar-refractivity contribution in [1.82, 2.24) is 4.90 Å². The molecule has 1 aliphatic heterocycles. The molecule has 2 rings (SSSR count). The van der Waals surface area contributed by atoms with Gasteiger partial charge in [-0.15, -0.1) is 11.8 Å². The van der Waals surface area contributed by atoms with Gasteiger partial charge in [0.1, 0.15) is 0 Å². The Morgan fingerprint density at radius 1 is 1.43 bits per heavy atom. The molecule has 1 saturated heterocycles. The van der Waals surface area contributed by atoms with Gasteiger partial charge in [0, 0.05) is 22.5 Å². The van der Waals surface area contributed by atoms with Crippen LogP contribution in [0.1, 0.15) is 20.3 Å². The Hall–Kier alpha value is -0.430. The van der Waals surface area contributed by atoms with Gasteiger partial charge in [0.15, 0.2) is 9.84 Å². The molecular formula is C15H19Cl2NO3S2. The number of rotatable bonds is 5. The van der Waals surface area contributed by atoms with Gasteiger partial charge in [-0.3, -0.25) is 4.79 Å². The Morgan fingerprint density at radius 2 is 2.13 bits per heavy atom. The van der Waals surface area contributed by atoms with Crippen LogP contribution in [0.3, 0.4) is 0 Å². The molecule has 0 spiro atoms. The highest BCUT2D eigenvalue weighted by molar-refractivity contribution is 8.00. The second kappa shape index (κ2) is 7.64. The summed E-state index contributed by atoms with van der Waals surface area (Å²) in [7, 11) is -3.02. The van der Waals surface area contributed by atoms with Crippen LogP contribution in [0, 0.1) is 0 Å². The summed E-state index contributed by atoms with van der Waals surface area (Å²) in [5, 5.41) is 0.741. The molecule has 1 fully saturated rings. The number of sulfone groups is 1. The summed E-state index contributed by atoms with van der Waals surface area (Å²) in [5.74, 6) is 0.140. The molecule has 23 heavy (non-hydrogen) atoms. The van der Waals surface area contributed by atoms with E-state index in [0.717, 1.165) is 4.90 Å². The van der Waals surface area contributed by atoms with E-state index in [1.54, 1.807) is 30.0 Å². The number of carbonyl (C=O) groups excluding carboxylic acids is 1. The third-order valence-corrected chi connectivity index (χ3v) is 7.39. The van der Waals surface area contributed by atoms with Crippen LogP contribution in [-0.4, -0.2) is 48.6 Å². The molecular weight excluding hydrogens is 377 g/mol. The Balaban J connectivity index is 2.10. The minimum Gasteiger partial charge on any atom is -0.338 e. The number of halogens is 2. The molecule has 0 aromatic heterocycles. The number of carbonyl (C=O) groups is 1. The molecule has 1 heterocycles. The molecule has 2 atom stereocenters. The van der Waals surface area contributed by atoms with Crippen LogP contribution in [0.15, 0.2) is 23.1 Å². The van der Waals surface area contributed by atoms with Gasteiger partial charge in [-0.05, 0) is 38.5 Å². The number of hydrogen-bond acceptors (Lipinski definition) is 4. The number of hydrogen-bond donors (Lipinski definition) is 0. The Labute approximate surface area is 151 Å². The highest BCUT2D eigenvalue weighted by Gasteiger charge is 2.35. The monoisotopic (exact) mass is 395 g/mol. The predicted molar refractivity (Wildman–Crippen MR) is 96.2 cm³/mol. The van der Waals surface area contributed by atoms with Crippen molar-refractivity contribution in [3.8, 4) is 0 Å². The van der Waals surface area contributed by atoms with Crippen molar-refractivity contribution in [1.29, 1.82) is 0 Å². The first-order valence-corrected chi connectivity index (χ1v) is 10.8. The van der Waals surface area contributed by atoms with Crippen molar-refractivity contribution in [2.75, 3.05) is 18.1 Å². The Kier molecular flexibility index (Phi) is 6.28. The van der Waals surface area contributed by atoms with Gasteiger partial charge in [-0.2, -0.15) is 0 Å². The lowest BCUT2D eigenvalue weighted by atomic mass is 10.2. The molecule has 0 radical (unpaired) electrons. The lowest BCUT2D eigenvalue weighted by molar-refractivity contribution is -0.131. The zero-order valence-electron chi connectivity index (χ0n) is 13.0. The molecule has 1 amide bonds. The number of nitrogens with zero attached hydrogens (tertiary/aromatic N) is 1. The first-order valence-electron chi connectivity index (χ1n) is 7.36. The second-order valence-corrected chi connectivity index (χ2v) is 9.97. The van der Waals surface area contributed by atoms with Crippen molar-refractivity contribution in [2.45, 2.75) is 36.5 Å². The highest BCUT2D eigenvalue weighted by atomic mass is 35.5. The Bertz CT molecular complexity index is 694. The molecule has 0 saturated carbocycles. The van der Waals surface area contributed by atoms with E-state index >= 15 is 0 Å². The predicted octanol–water partition coefficient (Wildman–Crippen LogP) is 3.51. The van der Waals surface area contributed by atoms with Crippen LogP contribution in [-0.2, 0) is 14.6 Å². The van der Waals surface area contributed by atoms with E-state index in [-0.39, 0.29) is 28.7 Å². The van der Waals surface area contributed by atoms with E-state index in [9.17, 15) is 13.2 Å². The molecule has 4 nitrogen and oxygen atoms in total. The van der Waals surface area contributed by atoms with E-state index < -0.39 is 9.84 Å². The van der Waals surface area contributed by atoms with Crippen LogP contribution in [0.4, 0.5) is 0 Å². The van der Waals surface area contributed by atoms with Gasteiger partial charge < -0.3 is 4.90 Å². The number of amides is 1. The highest BCUT2D eigenvalue weighted by Crippen LogP contribution is 2.33. The molecule has 1 aromatic rings. The zero-order chi connectivity index (χ0) is 17.2. The fourth-order valence-electron chi connectivity index (χ4n) is 2.66. The van der Waals surface area contributed by atoms with Crippen molar-refractivity contribution >= 4 is 50.7 Å². The molecule has 0 unspecified atom stereocenters. The van der Waals surface area contributed by atoms with Gasteiger partial charge in [-0.1, -0.05) is 23.2 Å². The van der Waals surface area contributed by atoms with Gasteiger partial charge in [0.25, 0.3) is 0 Å². The molecule has 1 aromatic carbocycles. The number of thioether (sulfide) groups is 1. The Morgan fingerprint density at radius 3 is 2.70 bits per heavy atom. The first-order chi connectivity index (χ1) is 10.7. The largest absolute Gasteiger partial charge is 0.338 e. The smallest absolute Gasteiger partial charge is 0.236 e. The molecule has 128 valence electrons. The van der Waals surface area contributed by atoms with Gasteiger partial charge in [0.2, 0.25) is 5.91 Å². The lowest BCUT2D eigenvalue weighted by Gasteiger charge is -2.29. The SMILES string of the molecule is CCN(C(=O)[C@H](C)Sc1cc(Cl)ccc1Cl)[C@H]1CCS(=O)(=O)C1. The molecule has 0 aliphatic carbocycles. The topological polar surface area (TPSA) is 54.5 Å². The van der Waals surface area contributed by atoms with Crippen LogP contribution < -0.4 is 0 Å². The van der Waals surface area contributed by atoms with Crippen LogP contribution >= 0.6 is 35.0 Å². The lowest BCUT2D eigenvalue weighted by Crippen LogP contribution is -2.44. The minimum absolute atomic E-state index is 0.0574. The van der Waals surface area contributed by atoms with Gasteiger partial charge in [-0.25, -0.2) is 8.42 Å². The van der Waals surface area contributed by atoms with E-state index in [1.807, 2.05) is 6.92 Å². The number of benzene rings is 1. The molecule has 1 aliphatic rings. The summed E-state index contributed by atoms with van der Waals surface area (Å²) < 4.78 is 23.3. The van der Waals surface area contributed by atoms with E-state index in [2.05, 4.69) is 0 Å². The second-order valence-electron chi connectivity index (χ2n) is 5.52. The van der Waals surface area contributed by atoms with Crippen LogP contribution in [0.5, 0.6) is 0 Å². The summed E-state index contributed by atoms with van der Waals surface area (Å²) in [5.41, 5.74) is 0. The summed E-state index contributed by atoms with van der Waals surface area (Å²) >= 11 is 13.4. The van der Waals surface area contributed by atoms with Gasteiger partial charge >= 0.3 is 0 Å². The fourth-order valence-corrected chi connectivity index (χ4v) is 5.87. The average molecular weight is 396 g/mol. The maximum Gasteiger partial charge on any atom is 0.236 e. The van der Waals surface area contributed by atoms with Crippen molar-refractivity contribution in [2.24, 2.45) is 0 Å². The van der Waals surface area contributed by atoms with E-state index in [1.165, 1.54) is 11.8 Å². The van der Waals surface area contributed by atoms with Gasteiger partial charge in [0.05, 0.1) is 21.8 Å². The summed E-state index contributed by atoms with van der Waals surface area (Å²) in [6, 6.07) is 4.90. The molecule has 8 heteroatoms. The summed E-state index contributed by atoms with van der Waals surface area (Å²) in [6.45, 7) is 4.16. The maximum atomic E-state index is 12.7. The molecule has 0 bridgehead atoms. The third kappa shape index (κ3) is 4.78. The van der Waals surface area contributed by atoms with E-state index in [4.69, 9.17) is 23.2 Å². The quantitative estimate of drug-likeness (QED) is 0.715. The van der Waals surface area contributed by atoms with Crippen LogP contribution in [0.2, 0.25) is 10.0 Å². The van der Waals surface area contributed by atoms with Crippen molar-refractivity contribution in [3.63, 3.8) is 0 Å². The molecule has 0 N–H and O–H groups in total. The normalized spacial score (nSPS) is 21.1.